The average molecular weight is 296 g/mol. The molecule has 1 atom stereocenters. The van der Waals surface area contributed by atoms with E-state index in [2.05, 4.69) is 10.3 Å². The molecule has 2 aromatic rings. The molecule has 1 fully saturated rings. The van der Waals surface area contributed by atoms with Crippen molar-refractivity contribution >= 4 is 34.6 Å². The molecule has 20 heavy (non-hydrogen) atoms. The van der Waals surface area contributed by atoms with Crippen molar-refractivity contribution < 1.29 is 13.9 Å². The molecule has 7 heteroatoms. The number of anilines is 1. The molecule has 106 valence electrons. The molecule has 0 spiro atoms. The molecule has 6 nitrogen and oxygen atoms in total. The largest absolute Gasteiger partial charge is 0.423 e. The number of hydrogen-bond acceptors (Lipinski definition) is 5. The predicted molar refractivity (Wildman–Crippen MR) is 75.0 cm³/mol. The molecular weight excluding hydrogens is 282 g/mol. The minimum absolute atomic E-state index is 0.145. The van der Waals surface area contributed by atoms with E-state index in [0.29, 0.717) is 36.3 Å². The molecule has 3 rings (SSSR count). The van der Waals surface area contributed by atoms with E-state index >= 15 is 0 Å². The van der Waals surface area contributed by atoms with Crippen LogP contribution in [0.25, 0.3) is 11.1 Å². The normalized spacial score (nSPS) is 19.3. The van der Waals surface area contributed by atoms with E-state index in [-0.39, 0.29) is 5.91 Å². The highest BCUT2D eigenvalue weighted by molar-refractivity contribution is 6.31. The minimum atomic E-state index is -0.507. The smallest absolute Gasteiger partial charge is 0.298 e. The van der Waals surface area contributed by atoms with Crippen LogP contribution in [0.15, 0.2) is 22.6 Å². The minimum Gasteiger partial charge on any atom is -0.423 e. The number of fused-ring (bicyclic) bond motifs is 1. The molecule has 1 aliphatic rings. The van der Waals surface area contributed by atoms with E-state index < -0.39 is 6.10 Å². The Balaban J connectivity index is 1.84. The number of ether oxygens (including phenoxy) is 1. The third-order valence-electron chi connectivity index (χ3n) is 3.21. The summed E-state index contributed by atoms with van der Waals surface area (Å²) in [4.78, 5) is 17.9. The fourth-order valence-corrected chi connectivity index (χ4v) is 2.33. The van der Waals surface area contributed by atoms with Crippen LogP contribution < -0.4 is 10.2 Å². The van der Waals surface area contributed by atoms with E-state index in [1.54, 1.807) is 25.2 Å². The van der Waals surface area contributed by atoms with Gasteiger partial charge in [0.15, 0.2) is 11.7 Å². The first kappa shape index (κ1) is 13.2. The standard InChI is InChI=1S/C13H14ClN3O3/c1-15-12(18)11-7-17(4-5-19-11)13-16-9-3-2-8(14)6-10(9)20-13/h2-3,6,11H,4-5,7H2,1H3,(H,15,18). The molecule has 2 heterocycles. The van der Waals surface area contributed by atoms with Gasteiger partial charge in [0.05, 0.1) is 13.2 Å². The Morgan fingerprint density at radius 2 is 2.40 bits per heavy atom. The zero-order valence-corrected chi connectivity index (χ0v) is 11.7. The predicted octanol–water partition coefficient (Wildman–Crippen LogP) is 1.43. The van der Waals surface area contributed by atoms with Gasteiger partial charge in [-0.1, -0.05) is 11.6 Å². The van der Waals surface area contributed by atoms with Gasteiger partial charge in [-0.25, -0.2) is 0 Å². The van der Waals surface area contributed by atoms with Crippen LogP contribution in [0, 0.1) is 0 Å². The van der Waals surface area contributed by atoms with Crippen LogP contribution in [-0.4, -0.2) is 43.7 Å². The van der Waals surface area contributed by atoms with Crippen LogP contribution in [0.5, 0.6) is 0 Å². The van der Waals surface area contributed by atoms with E-state index in [1.807, 2.05) is 4.90 Å². The SMILES string of the molecule is CNC(=O)C1CN(c2nc3ccc(Cl)cc3o2)CCO1. The highest BCUT2D eigenvalue weighted by Crippen LogP contribution is 2.25. The number of amides is 1. The molecule has 1 aromatic carbocycles. The van der Waals surface area contributed by atoms with Crippen LogP contribution in [0.1, 0.15) is 0 Å². The van der Waals surface area contributed by atoms with E-state index in [0.717, 1.165) is 5.52 Å². The van der Waals surface area contributed by atoms with Gasteiger partial charge in [0.2, 0.25) is 0 Å². The second-order valence-corrected chi connectivity index (χ2v) is 4.96. The van der Waals surface area contributed by atoms with Gasteiger partial charge in [0.1, 0.15) is 5.52 Å². The summed E-state index contributed by atoms with van der Waals surface area (Å²) in [7, 11) is 1.59. The first-order valence-electron chi connectivity index (χ1n) is 6.31. The van der Waals surface area contributed by atoms with E-state index in [4.69, 9.17) is 20.8 Å². The van der Waals surface area contributed by atoms with Crippen LogP contribution in [0.3, 0.4) is 0 Å². The Bertz CT molecular complexity index is 643. The third kappa shape index (κ3) is 2.44. The summed E-state index contributed by atoms with van der Waals surface area (Å²) in [6.45, 7) is 1.51. The second-order valence-electron chi connectivity index (χ2n) is 4.53. The van der Waals surface area contributed by atoms with Crippen molar-refractivity contribution in [1.29, 1.82) is 0 Å². The van der Waals surface area contributed by atoms with Crippen molar-refractivity contribution in [3.8, 4) is 0 Å². The number of carbonyl (C=O) groups is 1. The second kappa shape index (κ2) is 5.30. The molecule has 1 aliphatic heterocycles. The molecule has 0 bridgehead atoms. The Morgan fingerprint density at radius 3 is 3.20 bits per heavy atom. The average Bonchev–Trinajstić information content (AvgIpc) is 2.89. The van der Waals surface area contributed by atoms with Gasteiger partial charge in [0.25, 0.3) is 11.9 Å². The van der Waals surface area contributed by atoms with E-state index in [1.165, 1.54) is 0 Å². The number of halogens is 1. The molecule has 1 saturated heterocycles. The topological polar surface area (TPSA) is 67.6 Å². The summed E-state index contributed by atoms with van der Waals surface area (Å²) >= 11 is 5.92. The summed E-state index contributed by atoms with van der Waals surface area (Å²) in [6.07, 6.45) is -0.507. The van der Waals surface area contributed by atoms with Crippen molar-refractivity contribution in [3.63, 3.8) is 0 Å². The number of nitrogens with one attached hydrogen (secondary N) is 1. The fourth-order valence-electron chi connectivity index (χ4n) is 2.16. The summed E-state index contributed by atoms with van der Waals surface area (Å²) in [5.41, 5.74) is 1.38. The van der Waals surface area contributed by atoms with Crippen LogP contribution in [-0.2, 0) is 9.53 Å². The van der Waals surface area contributed by atoms with Gasteiger partial charge in [-0.3, -0.25) is 4.79 Å². The van der Waals surface area contributed by atoms with Crippen molar-refractivity contribution in [3.05, 3.63) is 23.2 Å². The lowest BCUT2D eigenvalue weighted by Crippen LogP contribution is -2.49. The molecule has 1 aromatic heterocycles. The molecule has 0 saturated carbocycles. The quantitative estimate of drug-likeness (QED) is 0.908. The Morgan fingerprint density at radius 1 is 1.55 bits per heavy atom. The molecular formula is C13H14ClN3O3. The van der Waals surface area contributed by atoms with Gasteiger partial charge >= 0.3 is 0 Å². The van der Waals surface area contributed by atoms with Crippen molar-refractivity contribution in [2.24, 2.45) is 0 Å². The van der Waals surface area contributed by atoms with Gasteiger partial charge in [-0.05, 0) is 12.1 Å². The number of hydrogen-bond donors (Lipinski definition) is 1. The molecule has 0 aliphatic carbocycles. The maximum atomic E-state index is 11.6. The summed E-state index contributed by atoms with van der Waals surface area (Å²) < 4.78 is 11.1. The highest BCUT2D eigenvalue weighted by atomic mass is 35.5. The Labute approximate surface area is 120 Å². The zero-order chi connectivity index (χ0) is 14.1. The molecule has 1 amide bonds. The Hall–Kier alpha value is -1.79. The summed E-state index contributed by atoms with van der Waals surface area (Å²) in [5.74, 6) is -0.145. The molecule has 1 unspecified atom stereocenters. The van der Waals surface area contributed by atoms with Crippen LogP contribution in [0.4, 0.5) is 6.01 Å². The third-order valence-corrected chi connectivity index (χ3v) is 3.45. The zero-order valence-electron chi connectivity index (χ0n) is 10.9. The summed E-state index contributed by atoms with van der Waals surface area (Å²) in [6, 6.07) is 5.79. The molecule has 1 N–H and O–H groups in total. The maximum Gasteiger partial charge on any atom is 0.298 e. The first-order valence-corrected chi connectivity index (χ1v) is 6.69. The van der Waals surface area contributed by atoms with Gasteiger partial charge < -0.3 is 19.4 Å². The van der Waals surface area contributed by atoms with Gasteiger partial charge in [-0.2, -0.15) is 4.98 Å². The van der Waals surface area contributed by atoms with Gasteiger partial charge in [-0.15, -0.1) is 0 Å². The van der Waals surface area contributed by atoms with Crippen molar-refractivity contribution in [2.75, 3.05) is 31.6 Å². The number of oxazole rings is 1. The summed E-state index contributed by atoms with van der Waals surface area (Å²) in [5, 5.41) is 3.18. The number of morpholine rings is 1. The first-order chi connectivity index (χ1) is 9.67. The van der Waals surface area contributed by atoms with Crippen molar-refractivity contribution in [2.45, 2.75) is 6.10 Å². The monoisotopic (exact) mass is 295 g/mol. The lowest BCUT2D eigenvalue weighted by molar-refractivity contribution is -0.132. The lowest BCUT2D eigenvalue weighted by Gasteiger charge is -2.30. The van der Waals surface area contributed by atoms with E-state index in [9.17, 15) is 4.79 Å². The number of likely N-dealkylation sites (N-methyl/N-ethyl adjacent to an activating group) is 1. The van der Waals surface area contributed by atoms with Crippen molar-refractivity contribution in [1.82, 2.24) is 10.3 Å². The van der Waals surface area contributed by atoms with Crippen LogP contribution >= 0.6 is 11.6 Å². The number of aromatic nitrogens is 1. The lowest BCUT2D eigenvalue weighted by atomic mass is 10.2. The Kier molecular flexibility index (Phi) is 3.50. The molecule has 0 radical (unpaired) electrons. The number of carbonyl (C=O) groups excluding carboxylic acids is 1. The van der Waals surface area contributed by atoms with Crippen LogP contribution in [0.2, 0.25) is 5.02 Å². The van der Waals surface area contributed by atoms with Gasteiger partial charge in [0, 0.05) is 24.7 Å². The number of nitrogens with zero attached hydrogens (tertiary/aromatic N) is 2. The fraction of sp³-hybridized carbons (Fsp3) is 0.385. The number of rotatable bonds is 2. The number of benzene rings is 1. The highest BCUT2D eigenvalue weighted by Gasteiger charge is 2.28. The maximum absolute atomic E-state index is 11.6.